The number of esters is 6. The van der Waals surface area contributed by atoms with E-state index in [2.05, 4.69) is 41.8 Å². The average molecular weight is 932 g/mol. The summed E-state index contributed by atoms with van der Waals surface area (Å²) in [6, 6.07) is 24.2. The number of hydrogen-bond acceptors (Lipinski definition) is 18. The molecule has 2 unspecified atom stereocenters. The van der Waals surface area contributed by atoms with Crippen LogP contribution in [0, 0.1) is 0 Å². The van der Waals surface area contributed by atoms with Crippen LogP contribution in [-0.4, -0.2) is 85.6 Å². The van der Waals surface area contributed by atoms with Gasteiger partial charge in [0.05, 0.1) is 34.2 Å². The van der Waals surface area contributed by atoms with Crippen molar-refractivity contribution in [1.82, 2.24) is 4.98 Å². The highest BCUT2D eigenvalue weighted by Gasteiger charge is 2.19. The maximum Gasteiger partial charge on any atom is 0.343 e. The lowest BCUT2D eigenvalue weighted by molar-refractivity contribution is -0.154. The molecule has 0 saturated carbocycles. The summed E-state index contributed by atoms with van der Waals surface area (Å²) in [5.74, 6) is -3.07. The van der Waals surface area contributed by atoms with Gasteiger partial charge in [-0.05, 0) is 98.1 Å². The Bertz CT molecular complexity index is 2570. The van der Waals surface area contributed by atoms with Gasteiger partial charge in [0, 0.05) is 29.9 Å². The third-order valence-corrected chi connectivity index (χ3v) is 9.85. The van der Waals surface area contributed by atoms with E-state index in [1.165, 1.54) is 60.0 Å². The van der Waals surface area contributed by atoms with Crippen molar-refractivity contribution in [2.75, 3.05) is 31.9 Å². The van der Waals surface area contributed by atoms with E-state index in [0.717, 1.165) is 34.5 Å². The minimum absolute atomic E-state index is 0.0897. The molecule has 5 rings (SSSR count). The summed E-state index contributed by atoms with van der Waals surface area (Å²) in [5, 5.41) is 4.82. The van der Waals surface area contributed by atoms with Gasteiger partial charge in [-0.15, -0.1) is 0 Å². The molecule has 0 aliphatic rings. The first-order valence-corrected chi connectivity index (χ1v) is 21.2. The molecule has 2 atom stereocenters. The van der Waals surface area contributed by atoms with Gasteiger partial charge in [0.25, 0.3) is 0 Å². The zero-order chi connectivity index (χ0) is 48.0. The molecule has 0 aliphatic carbocycles. The molecule has 17 nitrogen and oxygen atoms in total. The molecule has 1 aromatic heterocycles. The third-order valence-electron chi connectivity index (χ3n) is 8.91. The molecule has 0 spiro atoms. The summed E-state index contributed by atoms with van der Waals surface area (Å²) < 4.78 is 44.4. The number of unbranched alkanes of at least 4 members (excludes halogenated alkanes) is 1. The van der Waals surface area contributed by atoms with Crippen molar-refractivity contribution in [3.63, 3.8) is 0 Å². The highest BCUT2D eigenvalue weighted by Crippen LogP contribution is 2.28. The molecule has 346 valence electrons. The number of benzene rings is 4. The number of aromatic nitrogens is 1. The molecular formula is C49H45N3O14S. The van der Waals surface area contributed by atoms with E-state index >= 15 is 0 Å². The number of hydrazone groups is 1. The molecule has 5 aromatic rings. The van der Waals surface area contributed by atoms with Crippen LogP contribution in [-0.2, 0) is 38.1 Å². The fourth-order valence-electron chi connectivity index (χ4n) is 5.60. The number of thiazole rings is 1. The Morgan fingerprint density at radius 2 is 1.19 bits per heavy atom. The van der Waals surface area contributed by atoms with Crippen LogP contribution in [0.5, 0.6) is 23.0 Å². The number of rotatable bonds is 26. The second kappa shape index (κ2) is 25.8. The van der Waals surface area contributed by atoms with Gasteiger partial charge in [0.2, 0.25) is 5.13 Å². The molecule has 1 N–H and O–H groups in total. The van der Waals surface area contributed by atoms with Crippen LogP contribution in [0.25, 0.3) is 10.2 Å². The van der Waals surface area contributed by atoms with Crippen molar-refractivity contribution < 1.29 is 66.7 Å². The Morgan fingerprint density at radius 1 is 0.627 bits per heavy atom. The smallest absolute Gasteiger partial charge is 0.343 e. The van der Waals surface area contributed by atoms with Crippen molar-refractivity contribution in [3.05, 3.63) is 158 Å². The van der Waals surface area contributed by atoms with E-state index in [1.54, 1.807) is 24.3 Å². The van der Waals surface area contributed by atoms with Crippen molar-refractivity contribution >= 4 is 68.7 Å². The minimum atomic E-state index is -0.956. The van der Waals surface area contributed by atoms with Gasteiger partial charge in [0.15, 0.2) is 6.10 Å². The van der Waals surface area contributed by atoms with Gasteiger partial charge in [-0.2, -0.15) is 5.10 Å². The summed E-state index contributed by atoms with van der Waals surface area (Å²) in [5.41, 5.74) is 4.34. The van der Waals surface area contributed by atoms with Crippen LogP contribution >= 0.6 is 11.3 Å². The zero-order valence-corrected chi connectivity index (χ0v) is 36.8. The van der Waals surface area contributed by atoms with Crippen LogP contribution in [0.1, 0.15) is 45.5 Å². The molecule has 0 fully saturated rings. The van der Waals surface area contributed by atoms with Crippen LogP contribution in [0.4, 0.5) is 5.13 Å². The van der Waals surface area contributed by atoms with Crippen molar-refractivity contribution in [2.24, 2.45) is 5.10 Å². The largest absolute Gasteiger partial charge is 0.494 e. The maximum absolute atomic E-state index is 13.4. The molecule has 0 saturated heterocycles. The van der Waals surface area contributed by atoms with E-state index in [4.69, 9.17) is 37.9 Å². The summed E-state index contributed by atoms with van der Waals surface area (Å²) in [6.45, 7) is 13.2. The first-order chi connectivity index (χ1) is 32.5. The molecule has 1 heterocycles. The number of ether oxygens (including phenoxy) is 8. The summed E-state index contributed by atoms with van der Waals surface area (Å²) in [7, 11) is 0. The SMILES string of the molecule is C=CC(=O)OCC(CCCCOc1ccc(C(=O)Oc2ccc(OC(=O)c3ccc(OCC(COC(=O)C=C)OC(=O)C=C)cc3)c(/C=N/Nc3nc4ccccc4s3)c2)cc1)OC(=O)C=C. The van der Waals surface area contributed by atoms with Gasteiger partial charge < -0.3 is 37.9 Å². The Balaban J connectivity index is 1.21. The normalized spacial score (nSPS) is 11.5. The van der Waals surface area contributed by atoms with E-state index in [0.29, 0.717) is 42.5 Å². The molecule has 0 aliphatic heterocycles. The van der Waals surface area contributed by atoms with Crippen molar-refractivity contribution in [1.29, 1.82) is 0 Å². The van der Waals surface area contributed by atoms with Gasteiger partial charge in [0.1, 0.15) is 48.9 Å². The monoisotopic (exact) mass is 931 g/mol. The van der Waals surface area contributed by atoms with Crippen molar-refractivity contribution in [2.45, 2.75) is 31.5 Å². The van der Waals surface area contributed by atoms with E-state index < -0.39 is 48.0 Å². The van der Waals surface area contributed by atoms with Gasteiger partial charge in [-0.25, -0.2) is 33.8 Å². The lowest BCUT2D eigenvalue weighted by atomic mass is 10.1. The van der Waals surface area contributed by atoms with Gasteiger partial charge >= 0.3 is 35.8 Å². The predicted molar refractivity (Wildman–Crippen MR) is 247 cm³/mol. The average Bonchev–Trinajstić information content (AvgIpc) is 3.77. The van der Waals surface area contributed by atoms with Crippen LogP contribution in [0.3, 0.4) is 0 Å². The van der Waals surface area contributed by atoms with Crippen LogP contribution in [0.15, 0.2) is 147 Å². The summed E-state index contributed by atoms with van der Waals surface area (Å²) in [4.78, 5) is 77.6. The fraction of sp³-hybridized carbons (Fsp3) is 0.184. The first-order valence-electron chi connectivity index (χ1n) is 20.4. The fourth-order valence-corrected chi connectivity index (χ4v) is 6.41. The van der Waals surface area contributed by atoms with Crippen molar-refractivity contribution in [3.8, 4) is 23.0 Å². The topological polar surface area (TPSA) is 214 Å². The van der Waals surface area contributed by atoms with E-state index in [-0.39, 0.29) is 48.0 Å². The van der Waals surface area contributed by atoms with Crippen LogP contribution < -0.4 is 24.4 Å². The molecule has 67 heavy (non-hydrogen) atoms. The van der Waals surface area contributed by atoms with E-state index in [1.807, 2.05) is 24.3 Å². The lowest BCUT2D eigenvalue weighted by Gasteiger charge is -2.17. The number of anilines is 1. The lowest BCUT2D eigenvalue weighted by Crippen LogP contribution is -2.30. The summed E-state index contributed by atoms with van der Waals surface area (Å²) >= 11 is 1.39. The molecule has 0 bridgehead atoms. The maximum atomic E-state index is 13.4. The Kier molecular flexibility index (Phi) is 19.1. The highest BCUT2D eigenvalue weighted by molar-refractivity contribution is 7.22. The standard InChI is InChI=1S/C49H45N3O14S/c1-5-43(53)61-29-38(63-45(55)7-3)13-11-12-26-59-35-20-16-32(17-21-35)47(57)65-37-24-25-41(34(27-37)28-50-52-49-51-40-14-9-10-15-42(40)67-49)66-48(58)33-18-22-36(23-19-33)60-30-39(64-46(56)8-4)31-62-44(54)6-2/h5-10,14-25,27-28,38-39H,1-4,11-13,26,29-31H2,(H,51,52)/b50-28+. The first kappa shape index (κ1) is 49.6. The number of nitrogens with zero attached hydrogens (tertiary/aromatic N) is 2. The zero-order valence-electron chi connectivity index (χ0n) is 36.0. The second-order valence-electron chi connectivity index (χ2n) is 13.7. The molecule has 0 radical (unpaired) electrons. The predicted octanol–water partition coefficient (Wildman–Crippen LogP) is 7.76. The number of carbonyl (C=O) groups is 6. The number of fused-ring (bicyclic) bond motifs is 1. The molecular weight excluding hydrogens is 887 g/mol. The van der Waals surface area contributed by atoms with E-state index in [9.17, 15) is 28.8 Å². The molecule has 18 heteroatoms. The number of para-hydroxylation sites is 1. The Hall–Kier alpha value is -8.38. The summed E-state index contributed by atoms with van der Waals surface area (Å²) in [6.07, 6.45) is 5.37. The third kappa shape index (κ3) is 16.3. The number of carbonyl (C=O) groups excluding carboxylic acids is 6. The number of nitrogens with one attached hydrogen (secondary N) is 1. The quantitative estimate of drug-likeness (QED) is 0.0107. The second-order valence-corrected chi connectivity index (χ2v) is 14.8. The van der Waals surface area contributed by atoms with Gasteiger partial charge in [-0.1, -0.05) is 49.8 Å². The molecule has 0 amide bonds. The van der Waals surface area contributed by atoms with Gasteiger partial charge in [-0.3, -0.25) is 5.43 Å². The number of hydrogen-bond donors (Lipinski definition) is 1. The highest BCUT2D eigenvalue weighted by atomic mass is 32.1. The minimum Gasteiger partial charge on any atom is -0.494 e. The molecule has 4 aromatic carbocycles. The van der Waals surface area contributed by atoms with Crippen LogP contribution in [0.2, 0.25) is 0 Å². The Morgan fingerprint density at radius 3 is 1.82 bits per heavy atom. The Labute approximate surface area is 388 Å².